The molecule has 8 heteroatoms. The normalized spacial score (nSPS) is 18.5. The Balaban J connectivity index is 0.00000182. The van der Waals surface area contributed by atoms with E-state index in [0.717, 1.165) is 43.0 Å². The fourth-order valence-electron chi connectivity index (χ4n) is 3.05. The number of fused-ring (bicyclic) bond motifs is 1. The monoisotopic (exact) mass is 364 g/mol. The molecule has 2 aliphatic heterocycles. The number of carbonyl (C=O) groups is 1. The van der Waals surface area contributed by atoms with Gasteiger partial charge in [-0.25, -0.2) is 0 Å². The van der Waals surface area contributed by atoms with Crippen LogP contribution in [0.2, 0.25) is 0 Å². The Morgan fingerprint density at radius 3 is 3.04 bits per heavy atom. The molecule has 1 aromatic carbocycles. The van der Waals surface area contributed by atoms with E-state index < -0.39 is 0 Å². The number of nitrogens with one attached hydrogen (secondary N) is 2. The molecule has 0 saturated carbocycles. The van der Waals surface area contributed by atoms with Gasteiger partial charge < -0.3 is 20.1 Å². The van der Waals surface area contributed by atoms with Crippen LogP contribution >= 0.6 is 12.4 Å². The van der Waals surface area contributed by atoms with Gasteiger partial charge >= 0.3 is 0 Å². The Morgan fingerprint density at radius 1 is 1.32 bits per heavy atom. The van der Waals surface area contributed by atoms with Gasteiger partial charge in [0.25, 0.3) is 5.91 Å². The largest absolute Gasteiger partial charge is 0.454 e. The first-order chi connectivity index (χ1) is 11.8. The van der Waals surface area contributed by atoms with Gasteiger partial charge in [-0.15, -0.1) is 12.4 Å². The number of benzene rings is 1. The lowest BCUT2D eigenvalue weighted by Crippen LogP contribution is -2.32. The molecule has 3 heterocycles. The summed E-state index contributed by atoms with van der Waals surface area (Å²) in [6, 6.07) is 7.75. The first-order valence-corrected chi connectivity index (χ1v) is 8.22. The standard InChI is InChI=1S/C17H20N4O3.ClH/c22-17(14-5-7-21(20-14)13-2-1-6-18-10-13)19-9-12-3-4-15-16(8-12)24-11-23-15;/h3-5,7-8,13,18H,1-2,6,9-11H2,(H,19,22);1H. The van der Waals surface area contributed by atoms with Crippen LogP contribution in [-0.2, 0) is 6.54 Å². The van der Waals surface area contributed by atoms with Gasteiger partial charge in [-0.3, -0.25) is 9.48 Å². The topological polar surface area (TPSA) is 77.4 Å². The maximum absolute atomic E-state index is 12.3. The van der Waals surface area contributed by atoms with E-state index >= 15 is 0 Å². The molecule has 1 atom stereocenters. The minimum Gasteiger partial charge on any atom is -0.454 e. The van der Waals surface area contributed by atoms with Crippen molar-refractivity contribution in [2.45, 2.75) is 25.4 Å². The van der Waals surface area contributed by atoms with Crippen LogP contribution in [0.4, 0.5) is 0 Å². The van der Waals surface area contributed by atoms with Crippen molar-refractivity contribution in [2.75, 3.05) is 19.9 Å². The fourth-order valence-corrected chi connectivity index (χ4v) is 3.05. The molecule has 4 rings (SSSR count). The summed E-state index contributed by atoms with van der Waals surface area (Å²) >= 11 is 0. The predicted molar refractivity (Wildman–Crippen MR) is 94.4 cm³/mol. The molecule has 1 amide bonds. The van der Waals surface area contributed by atoms with Gasteiger partial charge in [-0.05, 0) is 43.1 Å². The third-order valence-corrected chi connectivity index (χ3v) is 4.38. The van der Waals surface area contributed by atoms with Crippen molar-refractivity contribution in [3.63, 3.8) is 0 Å². The molecule has 25 heavy (non-hydrogen) atoms. The summed E-state index contributed by atoms with van der Waals surface area (Å²) in [5.74, 6) is 1.29. The molecule has 1 saturated heterocycles. The average molecular weight is 365 g/mol. The highest BCUT2D eigenvalue weighted by Gasteiger charge is 2.18. The number of halogens is 1. The van der Waals surface area contributed by atoms with Crippen LogP contribution in [0.1, 0.15) is 34.9 Å². The number of amides is 1. The minimum absolute atomic E-state index is 0. The van der Waals surface area contributed by atoms with Crippen LogP contribution in [0, 0.1) is 0 Å². The van der Waals surface area contributed by atoms with Crippen molar-refractivity contribution in [2.24, 2.45) is 0 Å². The highest BCUT2D eigenvalue weighted by Crippen LogP contribution is 2.32. The summed E-state index contributed by atoms with van der Waals surface area (Å²) < 4.78 is 12.5. The smallest absolute Gasteiger partial charge is 0.272 e. The van der Waals surface area contributed by atoms with Gasteiger partial charge in [0.2, 0.25) is 6.79 Å². The summed E-state index contributed by atoms with van der Waals surface area (Å²) in [5, 5.41) is 10.7. The molecular formula is C17H21ClN4O3. The summed E-state index contributed by atoms with van der Waals surface area (Å²) in [6.45, 7) is 2.63. The van der Waals surface area contributed by atoms with Crippen LogP contribution in [0.3, 0.4) is 0 Å². The van der Waals surface area contributed by atoms with Crippen molar-refractivity contribution in [1.29, 1.82) is 0 Å². The van der Waals surface area contributed by atoms with Crippen molar-refractivity contribution >= 4 is 18.3 Å². The summed E-state index contributed by atoms with van der Waals surface area (Å²) in [4.78, 5) is 12.3. The molecular weight excluding hydrogens is 344 g/mol. The number of hydrogen-bond donors (Lipinski definition) is 2. The minimum atomic E-state index is -0.171. The van der Waals surface area contributed by atoms with E-state index in [1.807, 2.05) is 29.1 Å². The first-order valence-electron chi connectivity index (χ1n) is 8.22. The highest BCUT2D eigenvalue weighted by atomic mass is 35.5. The fraction of sp³-hybridized carbons (Fsp3) is 0.412. The molecule has 1 aromatic heterocycles. The molecule has 0 radical (unpaired) electrons. The summed E-state index contributed by atoms with van der Waals surface area (Å²) in [7, 11) is 0. The van der Waals surface area contributed by atoms with Gasteiger partial charge in [-0.1, -0.05) is 6.07 Å². The zero-order valence-electron chi connectivity index (χ0n) is 13.7. The number of rotatable bonds is 4. The first kappa shape index (κ1) is 17.6. The number of piperidine rings is 1. The second-order valence-corrected chi connectivity index (χ2v) is 6.05. The molecule has 1 unspecified atom stereocenters. The van der Waals surface area contributed by atoms with Crippen molar-refractivity contribution in [1.82, 2.24) is 20.4 Å². The van der Waals surface area contributed by atoms with Crippen LogP contribution in [0.5, 0.6) is 11.5 Å². The molecule has 0 aliphatic carbocycles. The molecule has 0 bridgehead atoms. The number of nitrogens with zero attached hydrogens (tertiary/aromatic N) is 2. The average Bonchev–Trinajstić information content (AvgIpc) is 3.29. The van der Waals surface area contributed by atoms with Gasteiger partial charge in [-0.2, -0.15) is 5.10 Å². The molecule has 1 fully saturated rings. The van der Waals surface area contributed by atoms with Gasteiger partial charge in [0.1, 0.15) is 5.69 Å². The van der Waals surface area contributed by atoms with E-state index in [1.165, 1.54) is 0 Å². The number of ether oxygens (including phenoxy) is 2. The molecule has 2 aliphatic rings. The number of carbonyl (C=O) groups excluding carboxylic acids is 1. The molecule has 7 nitrogen and oxygen atoms in total. The van der Waals surface area contributed by atoms with Crippen LogP contribution in [0.25, 0.3) is 0 Å². The summed E-state index contributed by atoms with van der Waals surface area (Å²) in [5.41, 5.74) is 1.41. The molecule has 0 spiro atoms. The zero-order chi connectivity index (χ0) is 16.4. The third-order valence-electron chi connectivity index (χ3n) is 4.38. The molecule has 2 N–H and O–H groups in total. The molecule has 134 valence electrons. The highest BCUT2D eigenvalue weighted by molar-refractivity contribution is 5.92. The third kappa shape index (κ3) is 3.88. The van der Waals surface area contributed by atoms with Crippen LogP contribution < -0.4 is 20.1 Å². The number of aromatic nitrogens is 2. The summed E-state index contributed by atoms with van der Waals surface area (Å²) in [6.07, 6.45) is 4.11. The van der Waals surface area contributed by atoms with E-state index in [0.29, 0.717) is 18.3 Å². The SMILES string of the molecule is Cl.O=C(NCc1ccc2c(c1)OCO2)c1ccn(C2CCCNC2)n1. The van der Waals surface area contributed by atoms with E-state index in [2.05, 4.69) is 15.7 Å². The predicted octanol–water partition coefficient (Wildman–Crippen LogP) is 1.89. The Bertz CT molecular complexity index is 743. The molecule has 2 aromatic rings. The lowest BCUT2D eigenvalue weighted by molar-refractivity contribution is 0.0944. The Kier molecular flexibility index (Phi) is 5.45. The van der Waals surface area contributed by atoms with E-state index in [-0.39, 0.29) is 25.1 Å². The Hall–Kier alpha value is -2.25. The van der Waals surface area contributed by atoms with Gasteiger partial charge in [0, 0.05) is 19.3 Å². The van der Waals surface area contributed by atoms with E-state index in [4.69, 9.17) is 9.47 Å². The van der Waals surface area contributed by atoms with Crippen LogP contribution in [0.15, 0.2) is 30.5 Å². The van der Waals surface area contributed by atoms with Crippen LogP contribution in [-0.4, -0.2) is 35.6 Å². The quantitative estimate of drug-likeness (QED) is 0.866. The lowest BCUT2D eigenvalue weighted by atomic mass is 10.1. The van der Waals surface area contributed by atoms with Crippen molar-refractivity contribution in [3.8, 4) is 11.5 Å². The zero-order valence-corrected chi connectivity index (χ0v) is 14.6. The maximum atomic E-state index is 12.3. The van der Waals surface area contributed by atoms with Gasteiger partial charge in [0.15, 0.2) is 11.5 Å². The number of hydrogen-bond acceptors (Lipinski definition) is 5. The lowest BCUT2D eigenvalue weighted by Gasteiger charge is -2.22. The second kappa shape index (κ2) is 7.76. The Morgan fingerprint density at radius 2 is 2.20 bits per heavy atom. The van der Waals surface area contributed by atoms with Gasteiger partial charge in [0.05, 0.1) is 6.04 Å². The van der Waals surface area contributed by atoms with E-state index in [9.17, 15) is 4.79 Å². The Labute approximate surface area is 152 Å². The van der Waals surface area contributed by atoms with Crippen molar-refractivity contribution in [3.05, 3.63) is 41.7 Å². The van der Waals surface area contributed by atoms with E-state index in [1.54, 1.807) is 6.07 Å². The maximum Gasteiger partial charge on any atom is 0.272 e. The van der Waals surface area contributed by atoms with Crippen molar-refractivity contribution < 1.29 is 14.3 Å². The second-order valence-electron chi connectivity index (χ2n) is 6.05.